The largest absolute Gasteiger partial charge is 0.459 e. The van der Waals surface area contributed by atoms with Gasteiger partial charge < -0.3 is 14.6 Å². The highest BCUT2D eigenvalue weighted by Crippen LogP contribution is 2.36. The SMILES string of the molecule is CC(=O)N(CCNC(=O)c1ccco1)c1ccc(Cl)c(C(F)(F)F)c1. The number of hydrogen-bond acceptors (Lipinski definition) is 3. The summed E-state index contributed by atoms with van der Waals surface area (Å²) < 4.78 is 43.8. The quantitative estimate of drug-likeness (QED) is 0.867. The highest BCUT2D eigenvalue weighted by Gasteiger charge is 2.34. The average Bonchev–Trinajstić information content (AvgIpc) is 3.05. The van der Waals surface area contributed by atoms with Gasteiger partial charge in [-0.2, -0.15) is 13.2 Å². The number of nitrogens with one attached hydrogen (secondary N) is 1. The van der Waals surface area contributed by atoms with Crippen LogP contribution in [0.1, 0.15) is 23.0 Å². The van der Waals surface area contributed by atoms with E-state index in [0.717, 1.165) is 17.0 Å². The molecule has 0 spiro atoms. The number of nitrogens with zero attached hydrogens (tertiary/aromatic N) is 1. The van der Waals surface area contributed by atoms with E-state index in [1.165, 1.54) is 25.3 Å². The van der Waals surface area contributed by atoms with Gasteiger partial charge in [0.2, 0.25) is 5.91 Å². The number of carbonyl (C=O) groups excluding carboxylic acids is 2. The van der Waals surface area contributed by atoms with Gasteiger partial charge in [-0.3, -0.25) is 9.59 Å². The molecular weight excluding hydrogens is 361 g/mol. The first-order chi connectivity index (χ1) is 11.7. The summed E-state index contributed by atoms with van der Waals surface area (Å²) in [4.78, 5) is 24.6. The first-order valence-electron chi connectivity index (χ1n) is 7.16. The number of anilines is 1. The molecule has 0 saturated carbocycles. The molecule has 2 amide bonds. The van der Waals surface area contributed by atoms with E-state index in [1.54, 1.807) is 6.07 Å². The minimum atomic E-state index is -4.64. The van der Waals surface area contributed by atoms with Crippen molar-refractivity contribution in [1.82, 2.24) is 5.32 Å². The Kier molecular flexibility index (Phi) is 5.73. The van der Waals surface area contributed by atoms with Gasteiger partial charge in [0.1, 0.15) is 0 Å². The average molecular weight is 375 g/mol. The van der Waals surface area contributed by atoms with E-state index in [4.69, 9.17) is 16.0 Å². The molecule has 2 rings (SSSR count). The molecule has 1 heterocycles. The molecule has 0 atom stereocenters. The Balaban J connectivity index is 2.11. The zero-order chi connectivity index (χ0) is 18.6. The Bertz CT molecular complexity index is 760. The number of rotatable bonds is 5. The summed E-state index contributed by atoms with van der Waals surface area (Å²) in [5.41, 5.74) is -0.992. The van der Waals surface area contributed by atoms with Crippen LogP contribution in [0, 0.1) is 0 Å². The van der Waals surface area contributed by atoms with Crippen LogP contribution < -0.4 is 10.2 Å². The van der Waals surface area contributed by atoms with E-state index in [9.17, 15) is 22.8 Å². The van der Waals surface area contributed by atoms with Gasteiger partial charge >= 0.3 is 6.18 Å². The highest BCUT2D eigenvalue weighted by molar-refractivity contribution is 6.31. The minimum Gasteiger partial charge on any atom is -0.459 e. The van der Waals surface area contributed by atoms with Crippen LogP contribution in [0.2, 0.25) is 5.02 Å². The lowest BCUT2D eigenvalue weighted by Crippen LogP contribution is -2.37. The zero-order valence-corrected chi connectivity index (χ0v) is 13.8. The molecule has 0 radical (unpaired) electrons. The number of benzene rings is 1. The summed E-state index contributed by atoms with van der Waals surface area (Å²) in [6, 6.07) is 6.21. The van der Waals surface area contributed by atoms with E-state index in [-0.39, 0.29) is 24.5 Å². The second-order valence-electron chi connectivity index (χ2n) is 5.07. The summed E-state index contributed by atoms with van der Waals surface area (Å²) in [5.74, 6) is -0.858. The number of hydrogen-bond donors (Lipinski definition) is 1. The summed E-state index contributed by atoms with van der Waals surface area (Å²) >= 11 is 5.58. The monoisotopic (exact) mass is 374 g/mol. The third-order valence-electron chi connectivity index (χ3n) is 3.31. The Morgan fingerprint density at radius 1 is 1.28 bits per heavy atom. The summed E-state index contributed by atoms with van der Waals surface area (Å²) in [6.07, 6.45) is -3.30. The van der Waals surface area contributed by atoms with Gasteiger partial charge in [-0.05, 0) is 30.3 Å². The van der Waals surface area contributed by atoms with Crippen LogP contribution in [-0.4, -0.2) is 24.9 Å². The van der Waals surface area contributed by atoms with Crippen LogP contribution in [0.4, 0.5) is 18.9 Å². The van der Waals surface area contributed by atoms with Crippen molar-refractivity contribution in [2.75, 3.05) is 18.0 Å². The molecule has 0 bridgehead atoms. The van der Waals surface area contributed by atoms with Gasteiger partial charge in [0, 0.05) is 25.7 Å². The maximum atomic E-state index is 13.0. The van der Waals surface area contributed by atoms with E-state index in [0.29, 0.717) is 0 Å². The lowest BCUT2D eigenvalue weighted by molar-refractivity contribution is -0.137. The molecule has 1 aromatic heterocycles. The van der Waals surface area contributed by atoms with Crippen molar-refractivity contribution in [2.24, 2.45) is 0 Å². The predicted octanol–water partition coefficient (Wildman–Crippen LogP) is 3.73. The van der Waals surface area contributed by atoms with Crippen LogP contribution in [0.15, 0.2) is 41.0 Å². The van der Waals surface area contributed by atoms with Crippen LogP contribution >= 0.6 is 11.6 Å². The van der Waals surface area contributed by atoms with Crippen LogP contribution in [0.5, 0.6) is 0 Å². The lowest BCUT2D eigenvalue weighted by Gasteiger charge is -2.22. The van der Waals surface area contributed by atoms with Crippen molar-refractivity contribution in [3.63, 3.8) is 0 Å². The molecule has 0 fully saturated rings. The van der Waals surface area contributed by atoms with Crippen molar-refractivity contribution in [1.29, 1.82) is 0 Å². The fraction of sp³-hybridized carbons (Fsp3) is 0.250. The number of furan rings is 1. The van der Waals surface area contributed by atoms with Crippen LogP contribution in [0.3, 0.4) is 0 Å². The summed E-state index contributed by atoms with van der Waals surface area (Å²) in [7, 11) is 0. The first-order valence-corrected chi connectivity index (χ1v) is 7.54. The maximum Gasteiger partial charge on any atom is 0.417 e. The number of amides is 2. The predicted molar refractivity (Wildman–Crippen MR) is 85.5 cm³/mol. The van der Waals surface area contributed by atoms with Crippen molar-refractivity contribution >= 4 is 29.1 Å². The molecule has 1 aromatic carbocycles. The fourth-order valence-electron chi connectivity index (χ4n) is 2.14. The second kappa shape index (κ2) is 7.60. The fourth-order valence-corrected chi connectivity index (χ4v) is 2.37. The Morgan fingerprint density at radius 3 is 2.56 bits per heavy atom. The van der Waals surface area contributed by atoms with Gasteiger partial charge in [-0.25, -0.2) is 0 Å². The molecule has 0 aliphatic rings. The maximum absolute atomic E-state index is 13.0. The van der Waals surface area contributed by atoms with E-state index >= 15 is 0 Å². The Morgan fingerprint density at radius 2 is 2.00 bits per heavy atom. The van der Waals surface area contributed by atoms with Crippen LogP contribution in [0.25, 0.3) is 0 Å². The first kappa shape index (κ1) is 18.9. The zero-order valence-electron chi connectivity index (χ0n) is 13.1. The van der Waals surface area contributed by atoms with Gasteiger partial charge in [0.25, 0.3) is 5.91 Å². The van der Waals surface area contributed by atoms with E-state index in [1.807, 2.05) is 0 Å². The standard InChI is InChI=1S/C16H14ClF3N2O3/c1-10(23)22(7-6-21-15(24)14-3-2-8-25-14)11-4-5-13(17)12(9-11)16(18,19)20/h2-5,8-9H,6-7H2,1H3,(H,21,24). The van der Waals surface area contributed by atoms with E-state index < -0.39 is 28.6 Å². The van der Waals surface area contributed by atoms with Gasteiger partial charge in [-0.1, -0.05) is 11.6 Å². The highest BCUT2D eigenvalue weighted by atomic mass is 35.5. The lowest BCUT2D eigenvalue weighted by atomic mass is 10.1. The van der Waals surface area contributed by atoms with Crippen LogP contribution in [-0.2, 0) is 11.0 Å². The number of carbonyl (C=O) groups is 2. The van der Waals surface area contributed by atoms with Crippen molar-refractivity contribution < 1.29 is 27.2 Å². The van der Waals surface area contributed by atoms with Crippen molar-refractivity contribution in [3.05, 3.63) is 52.9 Å². The summed E-state index contributed by atoms with van der Waals surface area (Å²) in [5, 5.41) is 2.07. The molecule has 0 aliphatic heterocycles. The Hall–Kier alpha value is -2.48. The minimum absolute atomic E-state index is 0.0132. The molecule has 25 heavy (non-hydrogen) atoms. The van der Waals surface area contributed by atoms with E-state index in [2.05, 4.69) is 5.32 Å². The van der Waals surface area contributed by atoms with Gasteiger partial charge in [0.05, 0.1) is 16.8 Å². The second-order valence-corrected chi connectivity index (χ2v) is 5.47. The number of halogens is 4. The van der Waals surface area contributed by atoms with Gasteiger partial charge in [-0.15, -0.1) is 0 Å². The third kappa shape index (κ3) is 4.76. The molecule has 134 valence electrons. The third-order valence-corrected chi connectivity index (χ3v) is 3.64. The molecule has 5 nitrogen and oxygen atoms in total. The molecule has 9 heteroatoms. The normalized spacial score (nSPS) is 11.2. The molecule has 0 unspecified atom stereocenters. The topological polar surface area (TPSA) is 62.6 Å². The smallest absolute Gasteiger partial charge is 0.417 e. The molecule has 0 aliphatic carbocycles. The summed E-state index contributed by atoms with van der Waals surface area (Å²) in [6.45, 7) is 1.24. The molecule has 2 aromatic rings. The Labute approximate surface area is 146 Å². The molecular formula is C16H14ClF3N2O3. The van der Waals surface area contributed by atoms with Crippen molar-refractivity contribution in [3.8, 4) is 0 Å². The van der Waals surface area contributed by atoms with Gasteiger partial charge in [0.15, 0.2) is 5.76 Å². The molecule has 1 N–H and O–H groups in total. The molecule has 0 saturated heterocycles. The van der Waals surface area contributed by atoms with Crippen molar-refractivity contribution in [2.45, 2.75) is 13.1 Å². The number of alkyl halides is 3.